The molecule has 1 unspecified atom stereocenters. The van der Waals surface area contributed by atoms with Crippen molar-refractivity contribution in [1.29, 1.82) is 0 Å². The molecule has 0 saturated carbocycles. The van der Waals surface area contributed by atoms with Gasteiger partial charge in [-0.15, -0.1) is 0 Å². The van der Waals surface area contributed by atoms with Gasteiger partial charge in [0.15, 0.2) is 6.29 Å². The van der Waals surface area contributed by atoms with Gasteiger partial charge in [0, 0.05) is 6.61 Å². The van der Waals surface area contributed by atoms with E-state index in [-0.39, 0.29) is 6.29 Å². The fraction of sp³-hybridized carbons (Fsp3) is 0.765. The lowest BCUT2D eigenvalue weighted by Gasteiger charge is -2.22. The first kappa shape index (κ1) is 16.5. The molecule has 2 heteroatoms. The molecule has 0 aromatic carbocycles. The number of allylic oxidation sites excluding steroid dienone is 3. The van der Waals surface area contributed by atoms with Crippen molar-refractivity contribution in [2.24, 2.45) is 0 Å². The average molecular weight is 266 g/mol. The molecule has 0 amide bonds. The highest BCUT2D eigenvalue weighted by Crippen LogP contribution is 2.13. The van der Waals surface area contributed by atoms with Crippen LogP contribution in [0.1, 0.15) is 64.7 Å². The molecular weight excluding hydrogens is 236 g/mol. The highest BCUT2D eigenvalue weighted by atomic mass is 16.7. The predicted molar refractivity (Wildman–Crippen MR) is 81.2 cm³/mol. The minimum absolute atomic E-state index is 0.0625. The minimum atomic E-state index is 0.0625. The summed E-state index contributed by atoms with van der Waals surface area (Å²) in [6.07, 6.45) is 19.8. The average Bonchev–Trinajstić information content (AvgIpc) is 2.46. The number of ether oxygens (including phenoxy) is 2. The van der Waals surface area contributed by atoms with E-state index in [1.54, 1.807) is 0 Å². The summed E-state index contributed by atoms with van der Waals surface area (Å²) in [7, 11) is 0. The third-order valence-corrected chi connectivity index (χ3v) is 3.29. The lowest BCUT2D eigenvalue weighted by molar-refractivity contribution is -0.161. The van der Waals surface area contributed by atoms with Crippen molar-refractivity contribution in [3.8, 4) is 0 Å². The van der Waals surface area contributed by atoms with E-state index < -0.39 is 0 Å². The third kappa shape index (κ3) is 9.92. The van der Waals surface area contributed by atoms with Gasteiger partial charge in [-0.25, -0.2) is 0 Å². The van der Waals surface area contributed by atoms with Gasteiger partial charge in [-0.1, -0.05) is 31.2 Å². The summed E-state index contributed by atoms with van der Waals surface area (Å²) in [5.41, 5.74) is 0. The first-order valence-corrected chi connectivity index (χ1v) is 7.96. The number of rotatable bonds is 10. The fourth-order valence-electron chi connectivity index (χ4n) is 2.15. The predicted octanol–water partition coefficient (Wildman–Crippen LogP) is 5.00. The van der Waals surface area contributed by atoms with Gasteiger partial charge in [-0.3, -0.25) is 0 Å². The second-order valence-electron chi connectivity index (χ2n) is 5.09. The Bertz CT molecular complexity index is 240. The second kappa shape index (κ2) is 12.4. The summed E-state index contributed by atoms with van der Waals surface area (Å²) < 4.78 is 11.2. The second-order valence-corrected chi connectivity index (χ2v) is 5.09. The van der Waals surface area contributed by atoms with Crippen LogP contribution in [0.15, 0.2) is 24.3 Å². The monoisotopic (exact) mass is 266 g/mol. The molecule has 0 bridgehead atoms. The maximum absolute atomic E-state index is 5.67. The molecule has 0 radical (unpaired) electrons. The van der Waals surface area contributed by atoms with Crippen LogP contribution in [0.25, 0.3) is 0 Å². The summed E-state index contributed by atoms with van der Waals surface area (Å²) in [6.45, 7) is 3.84. The Labute approximate surface area is 118 Å². The van der Waals surface area contributed by atoms with E-state index in [0.717, 1.165) is 32.5 Å². The molecule has 0 aromatic heterocycles. The van der Waals surface area contributed by atoms with Gasteiger partial charge >= 0.3 is 0 Å². The first-order chi connectivity index (χ1) is 9.43. The number of hydrogen-bond donors (Lipinski definition) is 0. The summed E-state index contributed by atoms with van der Waals surface area (Å²) in [6, 6.07) is 0. The van der Waals surface area contributed by atoms with Crippen LogP contribution >= 0.6 is 0 Å². The fourth-order valence-corrected chi connectivity index (χ4v) is 2.15. The van der Waals surface area contributed by atoms with Gasteiger partial charge in [-0.05, 0) is 57.8 Å². The Morgan fingerprint density at radius 3 is 2.42 bits per heavy atom. The maximum atomic E-state index is 5.67. The SMILES string of the molecule is CC/C=C\CCCC/C=C\CCOC1CCCCO1. The molecule has 0 aromatic rings. The van der Waals surface area contributed by atoms with Crippen molar-refractivity contribution in [1.82, 2.24) is 0 Å². The highest BCUT2D eigenvalue weighted by Gasteiger charge is 2.12. The van der Waals surface area contributed by atoms with Gasteiger partial charge < -0.3 is 9.47 Å². The highest BCUT2D eigenvalue weighted by molar-refractivity contribution is 4.83. The molecule has 1 saturated heterocycles. The molecular formula is C17H30O2. The Morgan fingerprint density at radius 1 is 1.00 bits per heavy atom. The van der Waals surface area contributed by atoms with Crippen LogP contribution in [0, 0.1) is 0 Å². The number of unbranched alkanes of at least 4 members (excludes halogenated alkanes) is 3. The van der Waals surface area contributed by atoms with Crippen molar-refractivity contribution in [2.75, 3.05) is 13.2 Å². The third-order valence-electron chi connectivity index (χ3n) is 3.29. The van der Waals surface area contributed by atoms with E-state index in [4.69, 9.17) is 9.47 Å². The minimum Gasteiger partial charge on any atom is -0.353 e. The lowest BCUT2D eigenvalue weighted by atomic mass is 10.1. The topological polar surface area (TPSA) is 18.5 Å². The Hall–Kier alpha value is -0.600. The van der Waals surface area contributed by atoms with E-state index in [2.05, 4.69) is 31.2 Å². The van der Waals surface area contributed by atoms with Gasteiger partial charge in [0.25, 0.3) is 0 Å². The molecule has 1 rings (SSSR count). The van der Waals surface area contributed by atoms with Crippen molar-refractivity contribution < 1.29 is 9.47 Å². The van der Waals surface area contributed by atoms with Gasteiger partial charge in [0.1, 0.15) is 0 Å². The molecule has 1 aliphatic rings. The molecule has 1 heterocycles. The molecule has 19 heavy (non-hydrogen) atoms. The summed E-state index contributed by atoms with van der Waals surface area (Å²) in [5.74, 6) is 0. The van der Waals surface area contributed by atoms with Crippen LogP contribution in [-0.4, -0.2) is 19.5 Å². The Kier molecular flexibility index (Phi) is 10.8. The smallest absolute Gasteiger partial charge is 0.157 e. The van der Waals surface area contributed by atoms with Crippen molar-refractivity contribution in [2.45, 2.75) is 71.0 Å². The van der Waals surface area contributed by atoms with Gasteiger partial charge in [-0.2, -0.15) is 0 Å². The van der Waals surface area contributed by atoms with Crippen LogP contribution in [-0.2, 0) is 9.47 Å². The largest absolute Gasteiger partial charge is 0.353 e. The van der Waals surface area contributed by atoms with E-state index in [1.807, 2.05) is 0 Å². The van der Waals surface area contributed by atoms with E-state index in [0.29, 0.717) is 0 Å². The molecule has 1 fully saturated rings. The zero-order valence-corrected chi connectivity index (χ0v) is 12.5. The summed E-state index contributed by atoms with van der Waals surface area (Å²) in [5, 5.41) is 0. The molecule has 2 nitrogen and oxygen atoms in total. The molecule has 0 aliphatic carbocycles. The van der Waals surface area contributed by atoms with Crippen molar-refractivity contribution in [3.05, 3.63) is 24.3 Å². The van der Waals surface area contributed by atoms with Crippen LogP contribution in [0.3, 0.4) is 0 Å². The van der Waals surface area contributed by atoms with Gasteiger partial charge in [0.05, 0.1) is 6.61 Å². The van der Waals surface area contributed by atoms with Crippen LogP contribution in [0.2, 0.25) is 0 Å². The van der Waals surface area contributed by atoms with E-state index in [1.165, 1.54) is 38.5 Å². The number of hydrogen-bond acceptors (Lipinski definition) is 2. The van der Waals surface area contributed by atoms with E-state index in [9.17, 15) is 0 Å². The molecule has 0 N–H and O–H groups in total. The zero-order valence-electron chi connectivity index (χ0n) is 12.5. The Morgan fingerprint density at radius 2 is 1.74 bits per heavy atom. The molecule has 110 valence electrons. The van der Waals surface area contributed by atoms with Crippen molar-refractivity contribution >= 4 is 0 Å². The molecule has 0 spiro atoms. The van der Waals surface area contributed by atoms with Crippen LogP contribution in [0.5, 0.6) is 0 Å². The normalized spacial score (nSPS) is 20.6. The lowest BCUT2D eigenvalue weighted by Crippen LogP contribution is -2.22. The van der Waals surface area contributed by atoms with Gasteiger partial charge in [0.2, 0.25) is 0 Å². The van der Waals surface area contributed by atoms with E-state index >= 15 is 0 Å². The summed E-state index contributed by atoms with van der Waals surface area (Å²) >= 11 is 0. The van der Waals surface area contributed by atoms with Crippen molar-refractivity contribution in [3.63, 3.8) is 0 Å². The first-order valence-electron chi connectivity index (χ1n) is 7.96. The van der Waals surface area contributed by atoms with Crippen LogP contribution < -0.4 is 0 Å². The summed E-state index contributed by atoms with van der Waals surface area (Å²) in [4.78, 5) is 0. The molecule has 1 atom stereocenters. The maximum Gasteiger partial charge on any atom is 0.157 e. The quantitative estimate of drug-likeness (QED) is 0.409. The molecule has 1 aliphatic heterocycles. The Balaban J connectivity index is 1.83. The van der Waals surface area contributed by atoms with Crippen LogP contribution in [0.4, 0.5) is 0 Å². The standard InChI is InChI=1S/C17H30O2/c1-2-3-4-5-6-7-8-9-10-12-15-18-17-14-11-13-16-19-17/h3-4,9-10,17H,2,5-8,11-16H2,1H3/b4-3-,10-9-. The zero-order chi connectivity index (χ0) is 13.6.